The van der Waals surface area contributed by atoms with Crippen LogP contribution in [0.2, 0.25) is 0 Å². The highest BCUT2D eigenvalue weighted by atomic mass is 16.5. The van der Waals surface area contributed by atoms with Crippen LogP contribution in [0.4, 0.5) is 5.69 Å². The van der Waals surface area contributed by atoms with Crippen molar-refractivity contribution in [1.29, 1.82) is 0 Å². The second-order valence-corrected chi connectivity index (χ2v) is 4.28. The van der Waals surface area contributed by atoms with Gasteiger partial charge in [0.1, 0.15) is 0 Å². The number of carbonyl (C=O) groups excluding carboxylic acids is 2. The average Bonchev–Trinajstić information content (AvgIpc) is 2.43. The van der Waals surface area contributed by atoms with Gasteiger partial charge in [-0.15, -0.1) is 0 Å². The number of nitrogens with one attached hydrogen (secondary N) is 1. The van der Waals surface area contributed by atoms with E-state index in [1.807, 2.05) is 0 Å². The molecule has 1 aromatic heterocycles. The molecule has 0 fully saturated rings. The molecule has 0 aromatic carbocycles. The van der Waals surface area contributed by atoms with Crippen molar-refractivity contribution < 1.29 is 14.3 Å². The standard InChI is InChI=1S/C14H20N2O3/c1-19-14(18)9-5-3-2-4-8-13(17)16-12-7-6-10-15-11-12/h6-7,10-11H,2-5,8-9H2,1H3,(H,16,17). The van der Waals surface area contributed by atoms with Crippen molar-refractivity contribution in [3.05, 3.63) is 24.5 Å². The van der Waals surface area contributed by atoms with E-state index in [9.17, 15) is 9.59 Å². The molecule has 1 N–H and O–H groups in total. The fraction of sp³-hybridized carbons (Fsp3) is 0.500. The Morgan fingerprint density at radius 1 is 1.21 bits per heavy atom. The Morgan fingerprint density at radius 3 is 2.58 bits per heavy atom. The second kappa shape index (κ2) is 9.08. The molecule has 0 saturated heterocycles. The lowest BCUT2D eigenvalue weighted by Crippen LogP contribution is -2.11. The maximum atomic E-state index is 11.6. The molecule has 0 unspecified atom stereocenters. The predicted molar refractivity (Wildman–Crippen MR) is 72.6 cm³/mol. The second-order valence-electron chi connectivity index (χ2n) is 4.28. The summed E-state index contributed by atoms with van der Waals surface area (Å²) >= 11 is 0. The Hall–Kier alpha value is -1.91. The minimum Gasteiger partial charge on any atom is -0.469 e. The van der Waals surface area contributed by atoms with Crippen LogP contribution < -0.4 is 5.32 Å². The normalized spacial score (nSPS) is 9.95. The van der Waals surface area contributed by atoms with Gasteiger partial charge < -0.3 is 10.1 Å². The molecule has 0 aliphatic heterocycles. The van der Waals surface area contributed by atoms with Crippen LogP contribution in [0.3, 0.4) is 0 Å². The number of amides is 1. The van der Waals surface area contributed by atoms with E-state index in [1.54, 1.807) is 24.5 Å². The number of hydrogen-bond acceptors (Lipinski definition) is 4. The molecule has 5 nitrogen and oxygen atoms in total. The third kappa shape index (κ3) is 7.18. The van der Waals surface area contributed by atoms with E-state index >= 15 is 0 Å². The fourth-order valence-corrected chi connectivity index (χ4v) is 1.67. The van der Waals surface area contributed by atoms with Crippen molar-refractivity contribution in [3.63, 3.8) is 0 Å². The lowest BCUT2D eigenvalue weighted by atomic mass is 10.1. The molecule has 0 aliphatic carbocycles. The molecular weight excluding hydrogens is 244 g/mol. The van der Waals surface area contributed by atoms with Crippen LogP contribution in [-0.2, 0) is 14.3 Å². The zero-order valence-electron chi connectivity index (χ0n) is 11.2. The van der Waals surface area contributed by atoms with Crippen molar-refractivity contribution in [2.75, 3.05) is 12.4 Å². The lowest BCUT2D eigenvalue weighted by molar-refractivity contribution is -0.140. The molecule has 104 valence electrons. The predicted octanol–water partition coefficient (Wildman–Crippen LogP) is 2.53. The van der Waals surface area contributed by atoms with Gasteiger partial charge in [-0.1, -0.05) is 12.8 Å². The van der Waals surface area contributed by atoms with Gasteiger partial charge in [-0.2, -0.15) is 0 Å². The summed E-state index contributed by atoms with van der Waals surface area (Å²) in [6.07, 6.45) is 7.76. The van der Waals surface area contributed by atoms with Crippen LogP contribution in [0.1, 0.15) is 38.5 Å². The number of unbranched alkanes of at least 4 members (excludes halogenated alkanes) is 3. The van der Waals surface area contributed by atoms with E-state index in [1.165, 1.54) is 7.11 Å². The number of anilines is 1. The molecule has 0 saturated carbocycles. The Bertz CT molecular complexity index is 393. The van der Waals surface area contributed by atoms with Gasteiger partial charge >= 0.3 is 5.97 Å². The SMILES string of the molecule is COC(=O)CCCCCCC(=O)Nc1cccnc1. The summed E-state index contributed by atoms with van der Waals surface area (Å²) in [5.74, 6) is -0.171. The van der Waals surface area contributed by atoms with E-state index in [4.69, 9.17) is 0 Å². The van der Waals surface area contributed by atoms with Gasteiger partial charge in [0, 0.05) is 19.0 Å². The highest BCUT2D eigenvalue weighted by Gasteiger charge is 2.03. The monoisotopic (exact) mass is 264 g/mol. The van der Waals surface area contributed by atoms with E-state index in [2.05, 4.69) is 15.0 Å². The molecule has 0 atom stereocenters. The number of rotatable bonds is 8. The number of hydrogen-bond donors (Lipinski definition) is 1. The van der Waals surface area contributed by atoms with Crippen molar-refractivity contribution in [2.24, 2.45) is 0 Å². The molecular formula is C14H20N2O3. The van der Waals surface area contributed by atoms with E-state index < -0.39 is 0 Å². The molecule has 0 radical (unpaired) electrons. The molecule has 0 aliphatic rings. The Labute approximate surface area is 113 Å². The number of aromatic nitrogens is 1. The first kappa shape index (κ1) is 15.1. The van der Waals surface area contributed by atoms with E-state index in [-0.39, 0.29) is 11.9 Å². The number of pyridine rings is 1. The van der Waals surface area contributed by atoms with E-state index in [0.717, 1.165) is 31.4 Å². The zero-order chi connectivity index (χ0) is 13.9. The van der Waals surface area contributed by atoms with Gasteiger partial charge in [-0.05, 0) is 25.0 Å². The maximum Gasteiger partial charge on any atom is 0.305 e. The molecule has 1 amide bonds. The van der Waals surface area contributed by atoms with Crippen molar-refractivity contribution in [2.45, 2.75) is 38.5 Å². The van der Waals surface area contributed by atoms with Gasteiger partial charge in [-0.3, -0.25) is 14.6 Å². The number of methoxy groups -OCH3 is 1. The maximum absolute atomic E-state index is 11.6. The number of nitrogens with zero attached hydrogens (tertiary/aromatic N) is 1. The summed E-state index contributed by atoms with van der Waals surface area (Å²) in [6.45, 7) is 0. The first-order chi connectivity index (χ1) is 9.22. The third-order valence-electron chi connectivity index (χ3n) is 2.71. The largest absolute Gasteiger partial charge is 0.469 e. The van der Waals surface area contributed by atoms with Crippen LogP contribution in [0.15, 0.2) is 24.5 Å². The Morgan fingerprint density at radius 2 is 1.95 bits per heavy atom. The summed E-state index contributed by atoms with van der Waals surface area (Å²) in [6, 6.07) is 3.59. The molecule has 0 spiro atoms. The van der Waals surface area contributed by atoms with Gasteiger partial charge in [0.2, 0.25) is 5.91 Å². The summed E-state index contributed by atoms with van der Waals surface area (Å²) in [5.41, 5.74) is 0.721. The van der Waals surface area contributed by atoms with Gasteiger partial charge in [0.15, 0.2) is 0 Å². The van der Waals surface area contributed by atoms with Gasteiger partial charge in [0.05, 0.1) is 19.0 Å². The summed E-state index contributed by atoms with van der Waals surface area (Å²) in [7, 11) is 1.39. The van der Waals surface area contributed by atoms with Crippen molar-refractivity contribution in [3.8, 4) is 0 Å². The number of carbonyl (C=O) groups is 2. The first-order valence-electron chi connectivity index (χ1n) is 6.49. The number of esters is 1. The molecule has 19 heavy (non-hydrogen) atoms. The van der Waals surface area contributed by atoms with Crippen molar-refractivity contribution in [1.82, 2.24) is 4.98 Å². The van der Waals surface area contributed by atoms with Crippen LogP contribution in [0, 0.1) is 0 Å². The number of ether oxygens (including phenoxy) is 1. The summed E-state index contributed by atoms with van der Waals surface area (Å²) in [4.78, 5) is 26.4. The Kier molecular flexibility index (Phi) is 7.24. The molecule has 1 aromatic rings. The molecule has 0 bridgehead atoms. The third-order valence-corrected chi connectivity index (χ3v) is 2.71. The van der Waals surface area contributed by atoms with Crippen molar-refractivity contribution >= 4 is 17.6 Å². The Balaban J connectivity index is 2.03. The van der Waals surface area contributed by atoms with Crippen LogP contribution in [0.5, 0.6) is 0 Å². The van der Waals surface area contributed by atoms with Gasteiger partial charge in [-0.25, -0.2) is 0 Å². The van der Waals surface area contributed by atoms with Gasteiger partial charge in [0.25, 0.3) is 0 Å². The molecule has 5 heteroatoms. The topological polar surface area (TPSA) is 68.3 Å². The lowest BCUT2D eigenvalue weighted by Gasteiger charge is -2.04. The van der Waals surface area contributed by atoms with Crippen LogP contribution in [-0.4, -0.2) is 24.0 Å². The minimum atomic E-state index is -0.172. The van der Waals surface area contributed by atoms with Crippen LogP contribution >= 0.6 is 0 Å². The average molecular weight is 264 g/mol. The van der Waals surface area contributed by atoms with Crippen LogP contribution in [0.25, 0.3) is 0 Å². The summed E-state index contributed by atoms with van der Waals surface area (Å²) in [5, 5.41) is 2.78. The molecule has 1 heterocycles. The first-order valence-corrected chi connectivity index (χ1v) is 6.49. The smallest absolute Gasteiger partial charge is 0.305 e. The fourth-order valence-electron chi connectivity index (χ4n) is 1.67. The zero-order valence-corrected chi connectivity index (χ0v) is 11.2. The molecule has 1 rings (SSSR count). The summed E-state index contributed by atoms with van der Waals surface area (Å²) < 4.78 is 4.55. The highest BCUT2D eigenvalue weighted by Crippen LogP contribution is 2.08. The minimum absolute atomic E-state index is 0.000896. The van der Waals surface area contributed by atoms with E-state index in [0.29, 0.717) is 12.8 Å². The quantitative estimate of drug-likeness (QED) is 0.578. The highest BCUT2D eigenvalue weighted by molar-refractivity contribution is 5.90.